The number of fused-ring (bicyclic) bond motifs is 1. The molecular weight excluding hydrogens is 344 g/mol. The normalized spacial score (nSPS) is 32.6. The van der Waals surface area contributed by atoms with E-state index < -0.39 is 6.10 Å². The van der Waals surface area contributed by atoms with Crippen LogP contribution in [0.1, 0.15) is 71.6 Å². The number of ether oxygens (including phenoxy) is 2. The van der Waals surface area contributed by atoms with Crippen molar-refractivity contribution in [2.45, 2.75) is 96.1 Å². The molecule has 2 rings (SSSR count). The lowest BCUT2D eigenvalue weighted by Crippen LogP contribution is -2.21. The fraction of sp³-hybridized carbons (Fsp3) is 0.864. The van der Waals surface area contributed by atoms with Crippen LogP contribution in [0, 0.1) is 17.8 Å². The van der Waals surface area contributed by atoms with Crippen molar-refractivity contribution in [1.29, 1.82) is 0 Å². The molecule has 1 unspecified atom stereocenters. The predicted octanol–water partition coefficient (Wildman–Crippen LogP) is 3.62. The van der Waals surface area contributed by atoms with Gasteiger partial charge < -0.3 is 19.7 Å². The van der Waals surface area contributed by atoms with E-state index in [0.717, 1.165) is 44.9 Å². The van der Waals surface area contributed by atoms with Crippen LogP contribution in [-0.2, 0) is 14.3 Å². The minimum absolute atomic E-state index is 0.0723. The predicted molar refractivity (Wildman–Crippen MR) is 105 cm³/mol. The van der Waals surface area contributed by atoms with Gasteiger partial charge in [-0.25, -0.2) is 0 Å². The SMILES string of the molecule is CCCC[C@@H](C)[C@H](O)/C=C/[C@@H]1[C@H]2CC(CCCCC(=O)OC)O[C@@H]2C[C@H]1O. The van der Waals surface area contributed by atoms with E-state index in [1.165, 1.54) is 7.11 Å². The Kier molecular flexibility index (Phi) is 9.27. The number of rotatable bonds is 11. The second-order valence-electron chi connectivity index (χ2n) is 8.39. The maximum absolute atomic E-state index is 11.2. The molecule has 0 spiro atoms. The van der Waals surface area contributed by atoms with E-state index in [9.17, 15) is 15.0 Å². The Bertz CT molecular complexity index is 477. The zero-order valence-corrected chi connectivity index (χ0v) is 17.2. The van der Waals surface area contributed by atoms with Crippen LogP contribution in [0.3, 0.4) is 0 Å². The van der Waals surface area contributed by atoms with Crippen LogP contribution in [0.5, 0.6) is 0 Å². The Morgan fingerprint density at radius 3 is 2.78 bits per heavy atom. The van der Waals surface area contributed by atoms with Crippen LogP contribution in [0.15, 0.2) is 12.2 Å². The minimum atomic E-state index is -0.445. The quantitative estimate of drug-likeness (QED) is 0.324. The van der Waals surface area contributed by atoms with Crippen molar-refractivity contribution in [1.82, 2.24) is 0 Å². The highest BCUT2D eigenvalue weighted by Crippen LogP contribution is 2.45. The Morgan fingerprint density at radius 1 is 1.30 bits per heavy atom. The van der Waals surface area contributed by atoms with E-state index in [2.05, 4.69) is 18.6 Å². The lowest BCUT2D eigenvalue weighted by atomic mass is 9.88. The van der Waals surface area contributed by atoms with Crippen molar-refractivity contribution in [2.24, 2.45) is 17.8 Å². The number of carbonyl (C=O) groups excluding carboxylic acids is 1. The summed E-state index contributed by atoms with van der Waals surface area (Å²) in [4.78, 5) is 11.2. The van der Waals surface area contributed by atoms with Crippen molar-refractivity contribution in [3.05, 3.63) is 12.2 Å². The van der Waals surface area contributed by atoms with Gasteiger partial charge in [0, 0.05) is 18.8 Å². The number of esters is 1. The zero-order chi connectivity index (χ0) is 19.8. The standard InChI is InChI=1S/C22H38O5/c1-4-5-8-15(2)19(23)12-11-17-18-13-16(27-21(18)14-20(17)24)9-6-7-10-22(25)26-3/h11-12,15-21,23-24H,4-10,13-14H2,1-3H3/b12-11+/t15-,16?,17-,18-,19-,20-,21-/m1/s1. The van der Waals surface area contributed by atoms with Crippen molar-refractivity contribution >= 4 is 5.97 Å². The molecule has 5 heteroatoms. The summed E-state index contributed by atoms with van der Waals surface area (Å²) in [5.74, 6) is 0.500. The van der Waals surface area contributed by atoms with Gasteiger partial charge in [-0.05, 0) is 37.5 Å². The number of methoxy groups -OCH3 is 1. The summed E-state index contributed by atoms with van der Waals surface area (Å²) in [6.45, 7) is 4.25. The zero-order valence-electron chi connectivity index (χ0n) is 17.2. The average molecular weight is 383 g/mol. The molecule has 5 nitrogen and oxygen atoms in total. The maximum atomic E-state index is 11.2. The van der Waals surface area contributed by atoms with Gasteiger partial charge in [-0.15, -0.1) is 0 Å². The first kappa shape index (κ1) is 22.4. The minimum Gasteiger partial charge on any atom is -0.469 e. The lowest BCUT2D eigenvalue weighted by molar-refractivity contribution is -0.140. The molecule has 27 heavy (non-hydrogen) atoms. The molecule has 0 aromatic heterocycles. The summed E-state index contributed by atoms with van der Waals surface area (Å²) >= 11 is 0. The van der Waals surface area contributed by atoms with Crippen molar-refractivity contribution < 1.29 is 24.5 Å². The second-order valence-corrected chi connectivity index (χ2v) is 8.39. The molecule has 1 aliphatic carbocycles. The molecule has 2 N–H and O–H groups in total. The molecular formula is C22H38O5. The maximum Gasteiger partial charge on any atom is 0.305 e. The van der Waals surface area contributed by atoms with E-state index in [4.69, 9.17) is 4.74 Å². The van der Waals surface area contributed by atoms with Crippen LogP contribution in [0.2, 0.25) is 0 Å². The van der Waals surface area contributed by atoms with Gasteiger partial charge in [0.1, 0.15) is 0 Å². The topological polar surface area (TPSA) is 76.0 Å². The lowest BCUT2D eigenvalue weighted by Gasteiger charge is -2.19. The van der Waals surface area contributed by atoms with Crippen molar-refractivity contribution in [3.8, 4) is 0 Å². The van der Waals surface area contributed by atoms with Gasteiger partial charge in [0.05, 0.1) is 31.5 Å². The highest BCUT2D eigenvalue weighted by Gasteiger charge is 2.47. The number of unbranched alkanes of at least 4 members (excludes halogenated alkanes) is 2. The van der Waals surface area contributed by atoms with Crippen LogP contribution < -0.4 is 0 Å². The summed E-state index contributed by atoms with van der Waals surface area (Å²) in [6.07, 6.45) is 11.6. The number of hydrogen-bond donors (Lipinski definition) is 2. The molecule has 1 saturated heterocycles. The largest absolute Gasteiger partial charge is 0.469 e. The Morgan fingerprint density at radius 2 is 2.07 bits per heavy atom. The third-order valence-corrected chi connectivity index (χ3v) is 6.30. The molecule has 1 saturated carbocycles. The van der Waals surface area contributed by atoms with Crippen molar-refractivity contribution in [2.75, 3.05) is 7.11 Å². The van der Waals surface area contributed by atoms with Gasteiger partial charge in [0.25, 0.3) is 0 Å². The van der Waals surface area contributed by atoms with Gasteiger partial charge in [-0.1, -0.05) is 45.3 Å². The Labute approximate surface area is 164 Å². The van der Waals surface area contributed by atoms with E-state index >= 15 is 0 Å². The summed E-state index contributed by atoms with van der Waals surface area (Å²) < 4.78 is 10.8. The molecule has 1 aliphatic heterocycles. The van der Waals surface area contributed by atoms with Crippen LogP contribution in [-0.4, -0.2) is 47.7 Å². The summed E-state index contributed by atoms with van der Waals surface area (Å²) in [6, 6.07) is 0. The fourth-order valence-corrected chi connectivity index (χ4v) is 4.50. The molecule has 0 aromatic carbocycles. The summed E-state index contributed by atoms with van der Waals surface area (Å²) in [5.41, 5.74) is 0. The average Bonchev–Trinajstić information content (AvgIpc) is 3.17. The number of aliphatic hydroxyl groups excluding tert-OH is 2. The van der Waals surface area contributed by atoms with Gasteiger partial charge in [-0.2, -0.15) is 0 Å². The molecule has 156 valence electrons. The number of carbonyl (C=O) groups is 1. The second kappa shape index (κ2) is 11.2. The smallest absolute Gasteiger partial charge is 0.305 e. The van der Waals surface area contributed by atoms with Crippen molar-refractivity contribution in [3.63, 3.8) is 0 Å². The molecule has 2 fully saturated rings. The molecule has 7 atom stereocenters. The van der Waals surface area contributed by atoms with Crippen LogP contribution >= 0.6 is 0 Å². The fourth-order valence-electron chi connectivity index (χ4n) is 4.50. The summed E-state index contributed by atoms with van der Waals surface area (Å²) in [5, 5.41) is 20.8. The third-order valence-electron chi connectivity index (χ3n) is 6.30. The van der Waals surface area contributed by atoms with Gasteiger partial charge in [0.15, 0.2) is 0 Å². The van der Waals surface area contributed by atoms with E-state index in [1.54, 1.807) is 0 Å². The number of aliphatic hydroxyl groups is 2. The van der Waals surface area contributed by atoms with E-state index in [1.807, 2.05) is 12.2 Å². The molecule has 0 amide bonds. The first-order valence-electron chi connectivity index (χ1n) is 10.7. The molecule has 0 aromatic rings. The first-order valence-corrected chi connectivity index (χ1v) is 10.7. The third kappa shape index (κ3) is 6.58. The van der Waals surface area contributed by atoms with Gasteiger partial charge in [0.2, 0.25) is 0 Å². The van der Waals surface area contributed by atoms with Crippen LogP contribution in [0.25, 0.3) is 0 Å². The number of hydrogen-bond acceptors (Lipinski definition) is 5. The molecule has 0 radical (unpaired) electrons. The molecule has 2 aliphatic rings. The monoisotopic (exact) mass is 382 g/mol. The Balaban J connectivity index is 1.78. The van der Waals surface area contributed by atoms with Gasteiger partial charge in [-0.3, -0.25) is 4.79 Å². The van der Waals surface area contributed by atoms with E-state index in [-0.39, 0.29) is 36.1 Å². The van der Waals surface area contributed by atoms with Gasteiger partial charge >= 0.3 is 5.97 Å². The molecule has 0 bridgehead atoms. The first-order chi connectivity index (χ1) is 13.0. The highest BCUT2D eigenvalue weighted by molar-refractivity contribution is 5.68. The highest BCUT2D eigenvalue weighted by atomic mass is 16.5. The van der Waals surface area contributed by atoms with Crippen LogP contribution in [0.4, 0.5) is 0 Å². The summed E-state index contributed by atoms with van der Waals surface area (Å²) in [7, 11) is 1.42. The van der Waals surface area contributed by atoms with E-state index in [0.29, 0.717) is 18.8 Å². The Hall–Kier alpha value is -0.910. The molecule has 1 heterocycles.